The van der Waals surface area contributed by atoms with Crippen LogP contribution < -0.4 is 5.32 Å². The maximum atomic E-state index is 12.2. The molecule has 1 heterocycles. The topological polar surface area (TPSA) is 184 Å². The van der Waals surface area contributed by atoms with Crippen molar-refractivity contribution in [3.05, 3.63) is 42.1 Å². The Bertz CT molecular complexity index is 1280. The summed E-state index contributed by atoms with van der Waals surface area (Å²) in [7, 11) is -10.1. The van der Waals surface area contributed by atoms with E-state index in [4.69, 9.17) is 5.11 Å². The lowest BCUT2D eigenvalue weighted by molar-refractivity contribution is -0.137. The summed E-state index contributed by atoms with van der Waals surface area (Å²) in [5, 5.41) is 11.3. The molecular weight excluding hydrogens is 428 g/mol. The summed E-state index contributed by atoms with van der Waals surface area (Å²) in [6.07, 6.45) is 0.994. The van der Waals surface area contributed by atoms with Crippen LogP contribution >= 0.6 is 0 Å². The molecule has 29 heavy (non-hydrogen) atoms. The van der Waals surface area contributed by atoms with Crippen LogP contribution in [0.1, 0.15) is 0 Å². The van der Waals surface area contributed by atoms with Crippen molar-refractivity contribution in [2.45, 2.75) is 9.79 Å². The summed E-state index contributed by atoms with van der Waals surface area (Å²) < 4.78 is 68.4. The summed E-state index contributed by atoms with van der Waals surface area (Å²) in [4.78, 5) is 23.0. The highest BCUT2D eigenvalue weighted by Crippen LogP contribution is 2.30. The number of anilines is 1. The van der Waals surface area contributed by atoms with E-state index in [1.165, 1.54) is 18.2 Å². The van der Waals surface area contributed by atoms with E-state index in [1.54, 1.807) is 0 Å². The van der Waals surface area contributed by atoms with Crippen LogP contribution in [0.5, 0.6) is 0 Å². The number of aliphatic hydroxyl groups excluding tert-OH is 1. The Hall–Kier alpha value is -2.84. The molecule has 0 aliphatic carbocycles. The first-order valence-electron chi connectivity index (χ1n) is 7.87. The fraction of sp³-hybridized carbons (Fsp3) is 0.125. The minimum Gasteiger partial charge on any atom is -0.744 e. The third-order valence-corrected chi connectivity index (χ3v) is 5.75. The Balaban J connectivity index is 2.08. The largest absolute Gasteiger partial charge is 0.744 e. The predicted octanol–water partition coefficient (Wildman–Crippen LogP) is -0.695. The van der Waals surface area contributed by atoms with Gasteiger partial charge < -0.3 is 19.5 Å². The second-order valence-corrected chi connectivity index (χ2v) is 8.69. The number of hydrogen-bond donors (Lipinski definition) is 2. The maximum Gasteiger partial charge on any atom is 0.277 e. The van der Waals surface area contributed by atoms with Crippen molar-refractivity contribution >= 4 is 48.5 Å². The van der Waals surface area contributed by atoms with Crippen LogP contribution in [-0.2, 0) is 29.8 Å². The second-order valence-electron chi connectivity index (χ2n) is 5.97. The van der Waals surface area contributed by atoms with E-state index in [2.05, 4.69) is 5.32 Å². The molecule has 3 rings (SSSR count). The van der Waals surface area contributed by atoms with Crippen molar-refractivity contribution in [3.63, 3.8) is 0 Å². The van der Waals surface area contributed by atoms with Gasteiger partial charge in [0.25, 0.3) is 11.8 Å². The van der Waals surface area contributed by atoms with Gasteiger partial charge in [0.05, 0.1) is 22.9 Å². The van der Waals surface area contributed by atoms with Gasteiger partial charge in [-0.1, -0.05) is 6.07 Å². The van der Waals surface area contributed by atoms with E-state index in [0.717, 1.165) is 17.0 Å². The average molecular weight is 440 g/mol. The zero-order valence-corrected chi connectivity index (χ0v) is 16.0. The van der Waals surface area contributed by atoms with E-state index < -0.39 is 48.4 Å². The van der Waals surface area contributed by atoms with Crippen LogP contribution in [0.25, 0.3) is 10.8 Å². The van der Waals surface area contributed by atoms with Gasteiger partial charge in [-0.25, -0.2) is 16.8 Å². The summed E-state index contributed by atoms with van der Waals surface area (Å²) in [5.74, 6) is -1.35. The predicted molar refractivity (Wildman–Crippen MR) is 95.4 cm³/mol. The smallest absolute Gasteiger partial charge is 0.277 e. The molecule has 0 aromatic heterocycles. The molecule has 0 fully saturated rings. The molecule has 2 N–H and O–H groups in total. The molecule has 1 aliphatic heterocycles. The van der Waals surface area contributed by atoms with Gasteiger partial charge in [0.1, 0.15) is 25.9 Å². The van der Waals surface area contributed by atoms with Crippen LogP contribution in [0.4, 0.5) is 5.69 Å². The van der Waals surface area contributed by atoms with E-state index in [0.29, 0.717) is 6.07 Å². The van der Waals surface area contributed by atoms with E-state index in [9.17, 15) is 35.5 Å². The Morgan fingerprint density at radius 2 is 1.69 bits per heavy atom. The molecular formula is C16H12N2O9S2-2. The molecule has 154 valence electrons. The number of nitrogens with zero attached hydrogens (tertiary/aromatic N) is 1. The fourth-order valence-electron chi connectivity index (χ4n) is 2.80. The summed E-state index contributed by atoms with van der Waals surface area (Å²) in [5.41, 5.74) is 0.0255. The van der Waals surface area contributed by atoms with Gasteiger partial charge in [-0.2, -0.15) is 0 Å². The van der Waals surface area contributed by atoms with Gasteiger partial charge in [0, 0.05) is 11.8 Å². The van der Waals surface area contributed by atoms with Crippen molar-refractivity contribution in [1.29, 1.82) is 0 Å². The molecule has 0 spiro atoms. The van der Waals surface area contributed by atoms with Crippen LogP contribution in [-0.4, -0.2) is 60.9 Å². The maximum absolute atomic E-state index is 12.2. The lowest BCUT2D eigenvalue weighted by atomic mass is 10.1. The first kappa shape index (κ1) is 20.9. The summed E-state index contributed by atoms with van der Waals surface area (Å²) >= 11 is 0. The standard InChI is InChI=1S/C16H14N2O9S2/c19-4-3-18-15(20)8-13(16(18)21)17-10-1-2-12-9(5-10)6-11(28(22,23)24)7-14(12)29(25,26)27/h1-2,5-8,17,19H,3-4H2,(H,22,23,24)(H,25,26,27)/p-2. The van der Waals surface area contributed by atoms with Crippen molar-refractivity contribution in [3.8, 4) is 0 Å². The van der Waals surface area contributed by atoms with Crippen molar-refractivity contribution in [2.24, 2.45) is 0 Å². The minimum absolute atomic E-state index is 0.0639. The fourth-order valence-corrected chi connectivity index (χ4v) is 4.14. The summed E-state index contributed by atoms with van der Waals surface area (Å²) in [6.45, 7) is -0.625. The Morgan fingerprint density at radius 3 is 2.28 bits per heavy atom. The normalized spacial score (nSPS) is 15.1. The third-order valence-electron chi connectivity index (χ3n) is 4.06. The molecule has 2 aromatic carbocycles. The Morgan fingerprint density at radius 1 is 1.00 bits per heavy atom. The van der Waals surface area contributed by atoms with E-state index in [1.807, 2.05) is 0 Å². The number of carbonyl (C=O) groups excluding carboxylic acids is 2. The van der Waals surface area contributed by atoms with Gasteiger partial charge in [-0.05, 0) is 35.0 Å². The average Bonchev–Trinajstić information content (AvgIpc) is 2.87. The lowest BCUT2D eigenvalue weighted by Gasteiger charge is -2.16. The van der Waals surface area contributed by atoms with E-state index in [-0.39, 0.29) is 28.7 Å². The Labute approximate surface area is 164 Å². The van der Waals surface area contributed by atoms with Gasteiger partial charge in [-0.3, -0.25) is 14.5 Å². The quantitative estimate of drug-likeness (QED) is 0.430. The van der Waals surface area contributed by atoms with Crippen molar-refractivity contribution < 1.29 is 40.6 Å². The number of fused-ring (bicyclic) bond motifs is 1. The number of hydrogen-bond acceptors (Lipinski definition) is 10. The van der Waals surface area contributed by atoms with Crippen LogP contribution in [0.3, 0.4) is 0 Å². The minimum atomic E-state index is -5.09. The molecule has 11 nitrogen and oxygen atoms in total. The molecule has 0 saturated heterocycles. The van der Waals surface area contributed by atoms with Gasteiger partial charge in [-0.15, -0.1) is 0 Å². The Kier molecular flexibility index (Phi) is 5.19. The molecule has 0 bridgehead atoms. The molecule has 0 saturated carbocycles. The molecule has 1 aliphatic rings. The van der Waals surface area contributed by atoms with E-state index >= 15 is 0 Å². The third kappa shape index (κ3) is 4.13. The molecule has 2 amide bonds. The van der Waals surface area contributed by atoms with Crippen molar-refractivity contribution in [1.82, 2.24) is 4.90 Å². The van der Waals surface area contributed by atoms with Crippen LogP contribution in [0.15, 0.2) is 51.9 Å². The van der Waals surface area contributed by atoms with Crippen LogP contribution in [0, 0.1) is 0 Å². The first-order chi connectivity index (χ1) is 13.4. The highest BCUT2D eigenvalue weighted by molar-refractivity contribution is 7.86. The molecule has 2 aromatic rings. The lowest BCUT2D eigenvalue weighted by Crippen LogP contribution is -2.34. The molecule has 13 heteroatoms. The van der Waals surface area contributed by atoms with Gasteiger partial charge >= 0.3 is 0 Å². The highest BCUT2D eigenvalue weighted by Gasteiger charge is 2.30. The number of imide groups is 1. The number of amides is 2. The van der Waals surface area contributed by atoms with Gasteiger partial charge in [0.15, 0.2) is 0 Å². The zero-order valence-electron chi connectivity index (χ0n) is 14.4. The van der Waals surface area contributed by atoms with Gasteiger partial charge in [0.2, 0.25) is 0 Å². The molecule has 0 radical (unpaired) electrons. The number of rotatable bonds is 6. The number of benzene rings is 2. The summed E-state index contributed by atoms with van der Waals surface area (Å²) in [6, 6.07) is 5.10. The van der Waals surface area contributed by atoms with Crippen LogP contribution in [0.2, 0.25) is 0 Å². The number of β-amino-alcohol motifs (C(OH)–C–C–N with tert-alkyl or cyclic N) is 1. The van der Waals surface area contributed by atoms with Crippen molar-refractivity contribution in [2.75, 3.05) is 18.5 Å². The monoisotopic (exact) mass is 440 g/mol. The SMILES string of the molecule is O=C1C=C(Nc2ccc3c(S(=O)(=O)[O-])cc(S(=O)(=O)[O-])cc3c2)C(=O)N1CCO. The first-order valence-corrected chi connectivity index (χ1v) is 10.7. The second kappa shape index (κ2) is 7.20. The zero-order chi connectivity index (χ0) is 21.6. The number of nitrogens with one attached hydrogen (secondary N) is 1. The number of carbonyl (C=O) groups is 2. The highest BCUT2D eigenvalue weighted by atomic mass is 32.2. The molecule has 0 unspecified atom stereocenters. The molecule has 0 atom stereocenters. The number of aliphatic hydroxyl groups is 1.